The van der Waals surface area contributed by atoms with Gasteiger partial charge >= 0.3 is 0 Å². The van der Waals surface area contributed by atoms with Crippen LogP contribution in [0.1, 0.15) is 29.9 Å². The van der Waals surface area contributed by atoms with Gasteiger partial charge in [0.2, 0.25) is 0 Å². The Morgan fingerprint density at radius 3 is 2.65 bits per heavy atom. The van der Waals surface area contributed by atoms with Gasteiger partial charge in [-0.3, -0.25) is 14.2 Å². The molecule has 1 N–H and O–H groups in total. The maximum Gasteiger partial charge on any atom is 0.283 e. The van der Waals surface area contributed by atoms with Gasteiger partial charge in [-0.25, -0.2) is 9.97 Å². The minimum absolute atomic E-state index is 0.0841. The SMILES string of the molecule is CC(C)Cn1c(=O)c(C(=O)NCCc2ccccc2)nc2cccnc21. The molecule has 2 aromatic heterocycles. The Morgan fingerprint density at radius 2 is 1.92 bits per heavy atom. The van der Waals surface area contributed by atoms with Crippen molar-refractivity contribution in [2.45, 2.75) is 26.8 Å². The van der Waals surface area contributed by atoms with Crippen LogP contribution in [0.2, 0.25) is 0 Å². The molecule has 0 aliphatic heterocycles. The lowest BCUT2D eigenvalue weighted by Gasteiger charge is -2.13. The molecular weight excluding hydrogens is 328 g/mol. The molecule has 0 radical (unpaired) electrons. The van der Waals surface area contributed by atoms with Crippen LogP contribution in [0, 0.1) is 5.92 Å². The molecule has 0 fully saturated rings. The van der Waals surface area contributed by atoms with Crippen molar-refractivity contribution in [3.8, 4) is 0 Å². The van der Waals surface area contributed by atoms with Crippen molar-refractivity contribution in [1.29, 1.82) is 0 Å². The number of nitrogens with zero attached hydrogens (tertiary/aromatic N) is 3. The van der Waals surface area contributed by atoms with Crippen molar-refractivity contribution >= 4 is 17.1 Å². The average molecular weight is 350 g/mol. The average Bonchev–Trinajstić information content (AvgIpc) is 2.64. The first-order valence-electron chi connectivity index (χ1n) is 8.74. The number of aromatic nitrogens is 3. The third-order valence-electron chi connectivity index (χ3n) is 4.01. The predicted molar refractivity (Wildman–Crippen MR) is 101 cm³/mol. The number of fused-ring (bicyclic) bond motifs is 1. The smallest absolute Gasteiger partial charge is 0.283 e. The molecule has 6 heteroatoms. The molecule has 26 heavy (non-hydrogen) atoms. The van der Waals surface area contributed by atoms with Crippen molar-refractivity contribution in [3.05, 3.63) is 70.3 Å². The lowest BCUT2D eigenvalue weighted by Crippen LogP contribution is -2.36. The third kappa shape index (κ3) is 3.96. The third-order valence-corrected chi connectivity index (χ3v) is 4.01. The fraction of sp³-hybridized carbons (Fsp3) is 0.300. The van der Waals surface area contributed by atoms with E-state index in [2.05, 4.69) is 15.3 Å². The van der Waals surface area contributed by atoms with Crippen LogP contribution in [0.25, 0.3) is 11.2 Å². The quantitative estimate of drug-likeness (QED) is 0.741. The van der Waals surface area contributed by atoms with Gasteiger partial charge in [-0.1, -0.05) is 44.2 Å². The van der Waals surface area contributed by atoms with Crippen molar-refractivity contribution in [2.75, 3.05) is 6.54 Å². The largest absolute Gasteiger partial charge is 0.350 e. The summed E-state index contributed by atoms with van der Waals surface area (Å²) in [7, 11) is 0. The lowest BCUT2D eigenvalue weighted by atomic mass is 10.1. The summed E-state index contributed by atoms with van der Waals surface area (Å²) in [6.07, 6.45) is 2.32. The molecule has 0 spiro atoms. The van der Waals surface area contributed by atoms with E-state index in [0.29, 0.717) is 30.7 Å². The van der Waals surface area contributed by atoms with E-state index in [0.717, 1.165) is 5.56 Å². The van der Waals surface area contributed by atoms with E-state index in [9.17, 15) is 9.59 Å². The Morgan fingerprint density at radius 1 is 1.15 bits per heavy atom. The Kier molecular flexibility index (Phi) is 5.41. The number of hydrogen-bond donors (Lipinski definition) is 1. The minimum Gasteiger partial charge on any atom is -0.350 e. The molecule has 2 heterocycles. The van der Waals surface area contributed by atoms with Crippen molar-refractivity contribution in [3.63, 3.8) is 0 Å². The van der Waals surface area contributed by atoms with Crippen LogP contribution in [0.3, 0.4) is 0 Å². The fourth-order valence-corrected chi connectivity index (χ4v) is 2.81. The van der Waals surface area contributed by atoms with Gasteiger partial charge in [0.15, 0.2) is 11.3 Å². The van der Waals surface area contributed by atoms with Crippen molar-refractivity contribution < 1.29 is 4.79 Å². The van der Waals surface area contributed by atoms with Crippen LogP contribution in [-0.4, -0.2) is 27.0 Å². The monoisotopic (exact) mass is 350 g/mol. The molecule has 0 aliphatic rings. The number of amides is 1. The summed E-state index contributed by atoms with van der Waals surface area (Å²) in [5, 5.41) is 2.80. The Balaban J connectivity index is 1.85. The molecule has 6 nitrogen and oxygen atoms in total. The van der Waals surface area contributed by atoms with Gasteiger partial charge in [0.05, 0.1) is 0 Å². The molecule has 1 aromatic carbocycles. The van der Waals surface area contributed by atoms with E-state index < -0.39 is 11.5 Å². The lowest BCUT2D eigenvalue weighted by molar-refractivity contribution is 0.0947. The summed E-state index contributed by atoms with van der Waals surface area (Å²) in [5.74, 6) is -0.205. The second-order valence-corrected chi connectivity index (χ2v) is 6.61. The summed E-state index contributed by atoms with van der Waals surface area (Å²) >= 11 is 0. The van der Waals surface area contributed by atoms with Crippen LogP contribution in [0.5, 0.6) is 0 Å². The zero-order chi connectivity index (χ0) is 18.5. The summed E-state index contributed by atoms with van der Waals surface area (Å²) in [6.45, 7) is 4.96. The molecule has 134 valence electrons. The number of hydrogen-bond acceptors (Lipinski definition) is 4. The van der Waals surface area contributed by atoms with Crippen LogP contribution >= 0.6 is 0 Å². The maximum atomic E-state index is 12.8. The van der Waals surface area contributed by atoms with Gasteiger partial charge in [-0.05, 0) is 30.0 Å². The van der Waals surface area contributed by atoms with E-state index in [4.69, 9.17) is 0 Å². The molecule has 0 unspecified atom stereocenters. The molecule has 3 rings (SSSR count). The molecule has 3 aromatic rings. The highest BCUT2D eigenvalue weighted by atomic mass is 16.2. The summed E-state index contributed by atoms with van der Waals surface area (Å²) in [6, 6.07) is 13.4. The minimum atomic E-state index is -0.450. The van der Waals surface area contributed by atoms with Crippen LogP contribution < -0.4 is 10.9 Å². The summed E-state index contributed by atoms with van der Waals surface area (Å²) < 4.78 is 1.54. The van der Waals surface area contributed by atoms with Gasteiger partial charge in [0, 0.05) is 19.3 Å². The Hall–Kier alpha value is -3.02. The molecule has 1 amide bonds. The van der Waals surface area contributed by atoms with E-state index in [1.165, 1.54) is 0 Å². The molecular formula is C20H22N4O2. The zero-order valence-corrected chi connectivity index (χ0v) is 15.0. The molecule has 0 aliphatic carbocycles. The summed E-state index contributed by atoms with van der Waals surface area (Å²) in [4.78, 5) is 33.8. The van der Waals surface area contributed by atoms with Crippen LogP contribution in [-0.2, 0) is 13.0 Å². The standard InChI is InChI=1S/C20H22N4O2/c1-14(2)13-24-18-16(9-6-11-21-18)23-17(20(24)26)19(25)22-12-10-15-7-4-3-5-8-15/h3-9,11,14H,10,12-13H2,1-2H3,(H,22,25). The number of pyridine rings is 1. The zero-order valence-electron chi connectivity index (χ0n) is 15.0. The van der Waals surface area contributed by atoms with E-state index >= 15 is 0 Å². The second-order valence-electron chi connectivity index (χ2n) is 6.61. The highest BCUT2D eigenvalue weighted by molar-refractivity contribution is 5.93. The van der Waals surface area contributed by atoms with Crippen molar-refractivity contribution in [1.82, 2.24) is 19.9 Å². The van der Waals surface area contributed by atoms with E-state index in [1.54, 1.807) is 22.9 Å². The maximum absolute atomic E-state index is 12.8. The van der Waals surface area contributed by atoms with Crippen LogP contribution in [0.15, 0.2) is 53.5 Å². The highest BCUT2D eigenvalue weighted by Gasteiger charge is 2.18. The van der Waals surface area contributed by atoms with Crippen LogP contribution in [0.4, 0.5) is 0 Å². The first kappa shape index (κ1) is 17.8. The van der Waals surface area contributed by atoms with E-state index in [-0.39, 0.29) is 11.6 Å². The first-order valence-corrected chi connectivity index (χ1v) is 8.74. The fourth-order valence-electron chi connectivity index (χ4n) is 2.81. The Bertz CT molecular complexity index is 964. The number of carbonyl (C=O) groups is 1. The number of benzene rings is 1. The van der Waals surface area contributed by atoms with Gasteiger partial charge in [0.25, 0.3) is 11.5 Å². The molecule has 0 atom stereocenters. The number of carbonyl (C=O) groups excluding carboxylic acids is 1. The van der Waals surface area contributed by atoms with Gasteiger partial charge in [-0.2, -0.15) is 0 Å². The second kappa shape index (κ2) is 7.91. The first-order chi connectivity index (χ1) is 12.6. The van der Waals surface area contributed by atoms with Gasteiger partial charge in [0.1, 0.15) is 5.52 Å². The van der Waals surface area contributed by atoms with Crippen molar-refractivity contribution in [2.24, 2.45) is 5.92 Å². The molecule has 0 saturated heterocycles. The molecule has 0 saturated carbocycles. The predicted octanol–water partition coefficient (Wildman–Crippen LogP) is 2.42. The number of nitrogens with one attached hydrogen (secondary N) is 1. The van der Waals surface area contributed by atoms with Gasteiger partial charge in [-0.15, -0.1) is 0 Å². The highest BCUT2D eigenvalue weighted by Crippen LogP contribution is 2.09. The normalized spacial score (nSPS) is 11.0. The van der Waals surface area contributed by atoms with E-state index in [1.807, 2.05) is 44.2 Å². The number of rotatable bonds is 6. The van der Waals surface area contributed by atoms with Gasteiger partial charge < -0.3 is 5.32 Å². The topological polar surface area (TPSA) is 76.9 Å². The summed E-state index contributed by atoms with van der Waals surface area (Å²) in [5.41, 5.74) is 1.69. The Labute approximate surface area is 151 Å². The molecule has 0 bridgehead atoms.